The van der Waals surface area contributed by atoms with Crippen LogP contribution in [0.5, 0.6) is 0 Å². The maximum absolute atomic E-state index is 13.4. The number of benzene rings is 1. The van der Waals surface area contributed by atoms with Gasteiger partial charge in [-0.1, -0.05) is 32.0 Å². The number of pyridine rings is 1. The molecule has 5 nitrogen and oxygen atoms in total. The van der Waals surface area contributed by atoms with Crippen LogP contribution in [0.25, 0.3) is 0 Å². The standard InChI is InChI=1S/C22H31N3O2S/c1-18(2)20-7-9-22(10-8-20)28(26,27)25(21-11-14-23-15-12-21)16-4-6-19-5-3-13-24-17-19/h3,5,7-10,13,17-18,21,23H,4,6,11-12,14-16H2,1-2H3. The predicted octanol–water partition coefficient (Wildman–Crippen LogP) is 3.58. The van der Waals surface area contributed by atoms with Crippen LogP contribution in [0.15, 0.2) is 53.7 Å². The van der Waals surface area contributed by atoms with Crippen LogP contribution in [0.1, 0.15) is 50.2 Å². The largest absolute Gasteiger partial charge is 0.317 e. The smallest absolute Gasteiger partial charge is 0.243 e. The molecule has 1 fully saturated rings. The minimum atomic E-state index is -3.51. The number of hydrogen-bond acceptors (Lipinski definition) is 4. The quantitative estimate of drug-likeness (QED) is 0.734. The summed E-state index contributed by atoms with van der Waals surface area (Å²) in [6.07, 6.45) is 6.95. The minimum Gasteiger partial charge on any atom is -0.317 e. The Hall–Kier alpha value is -1.76. The molecule has 0 radical (unpaired) electrons. The highest BCUT2D eigenvalue weighted by Crippen LogP contribution is 2.25. The normalized spacial score (nSPS) is 16.0. The molecule has 1 N–H and O–H groups in total. The molecule has 3 rings (SSSR count). The molecule has 2 heterocycles. The van der Waals surface area contributed by atoms with E-state index in [2.05, 4.69) is 24.1 Å². The molecule has 6 heteroatoms. The summed E-state index contributed by atoms with van der Waals surface area (Å²) in [4.78, 5) is 4.55. The molecule has 0 spiro atoms. The van der Waals surface area contributed by atoms with Crippen molar-refractivity contribution in [3.8, 4) is 0 Å². The zero-order valence-corrected chi connectivity index (χ0v) is 17.7. The van der Waals surface area contributed by atoms with Crippen LogP contribution in [-0.2, 0) is 16.4 Å². The molecule has 2 aromatic rings. The molecule has 1 aromatic carbocycles. The Morgan fingerprint density at radius 3 is 2.46 bits per heavy atom. The molecule has 1 aliphatic heterocycles. The zero-order chi connectivity index (χ0) is 20.0. The van der Waals surface area contributed by atoms with Crippen LogP contribution in [-0.4, -0.2) is 43.4 Å². The Labute approximate surface area is 169 Å². The fraction of sp³-hybridized carbons (Fsp3) is 0.500. The first-order valence-electron chi connectivity index (χ1n) is 10.2. The van der Waals surface area contributed by atoms with E-state index in [1.54, 1.807) is 22.6 Å². The number of sulfonamides is 1. The predicted molar refractivity (Wildman–Crippen MR) is 113 cm³/mol. The van der Waals surface area contributed by atoms with Crippen molar-refractivity contribution in [1.82, 2.24) is 14.6 Å². The Balaban J connectivity index is 1.78. The third-order valence-corrected chi connectivity index (χ3v) is 7.40. The van der Waals surface area contributed by atoms with Gasteiger partial charge in [-0.3, -0.25) is 4.98 Å². The number of hydrogen-bond donors (Lipinski definition) is 1. The Bertz CT molecular complexity index is 830. The molecule has 1 aromatic heterocycles. The van der Waals surface area contributed by atoms with Gasteiger partial charge in [0.15, 0.2) is 0 Å². The molecular weight excluding hydrogens is 370 g/mol. The van der Waals surface area contributed by atoms with Gasteiger partial charge in [0, 0.05) is 25.0 Å². The lowest BCUT2D eigenvalue weighted by Gasteiger charge is -2.34. The Kier molecular flexibility index (Phi) is 7.21. The summed E-state index contributed by atoms with van der Waals surface area (Å²) in [6, 6.07) is 11.4. The summed E-state index contributed by atoms with van der Waals surface area (Å²) >= 11 is 0. The molecule has 0 amide bonds. The first-order chi connectivity index (χ1) is 13.5. The summed E-state index contributed by atoms with van der Waals surface area (Å²) in [6.45, 7) is 6.50. The summed E-state index contributed by atoms with van der Waals surface area (Å²) in [5, 5.41) is 3.33. The lowest BCUT2D eigenvalue weighted by Crippen LogP contribution is -2.46. The van der Waals surface area contributed by atoms with Gasteiger partial charge in [0.2, 0.25) is 10.0 Å². The summed E-state index contributed by atoms with van der Waals surface area (Å²) in [5.74, 6) is 0.386. The molecule has 0 bridgehead atoms. The van der Waals surface area contributed by atoms with Crippen LogP contribution in [0.4, 0.5) is 0 Å². The van der Waals surface area contributed by atoms with Crippen molar-refractivity contribution in [1.29, 1.82) is 0 Å². The van der Waals surface area contributed by atoms with E-state index in [1.807, 2.05) is 30.5 Å². The van der Waals surface area contributed by atoms with Crippen LogP contribution < -0.4 is 5.32 Å². The first kappa shape index (κ1) is 21.0. The van der Waals surface area contributed by atoms with Crippen molar-refractivity contribution in [2.75, 3.05) is 19.6 Å². The maximum atomic E-state index is 13.4. The molecule has 28 heavy (non-hydrogen) atoms. The fourth-order valence-corrected chi connectivity index (χ4v) is 5.46. The highest BCUT2D eigenvalue weighted by atomic mass is 32.2. The molecule has 1 aliphatic rings. The second-order valence-corrected chi connectivity index (χ2v) is 9.68. The number of aryl methyl sites for hydroxylation is 1. The molecule has 0 unspecified atom stereocenters. The number of rotatable bonds is 8. The van der Waals surface area contributed by atoms with Gasteiger partial charge in [0.05, 0.1) is 4.90 Å². The van der Waals surface area contributed by atoms with Crippen LogP contribution in [0.2, 0.25) is 0 Å². The summed E-state index contributed by atoms with van der Waals surface area (Å²) in [7, 11) is -3.51. The van der Waals surface area contributed by atoms with Gasteiger partial charge in [0.25, 0.3) is 0 Å². The third kappa shape index (κ3) is 5.19. The lowest BCUT2D eigenvalue weighted by atomic mass is 10.0. The highest BCUT2D eigenvalue weighted by Gasteiger charge is 2.32. The average molecular weight is 402 g/mol. The van der Waals surface area contributed by atoms with Gasteiger partial charge in [-0.2, -0.15) is 4.31 Å². The number of piperidine rings is 1. The highest BCUT2D eigenvalue weighted by molar-refractivity contribution is 7.89. The van der Waals surface area contributed by atoms with E-state index in [4.69, 9.17) is 0 Å². The van der Waals surface area contributed by atoms with Gasteiger partial charge in [0.1, 0.15) is 0 Å². The lowest BCUT2D eigenvalue weighted by molar-refractivity contribution is 0.260. The Morgan fingerprint density at radius 1 is 1.14 bits per heavy atom. The van der Waals surface area contributed by atoms with Gasteiger partial charge < -0.3 is 5.32 Å². The fourth-order valence-electron chi connectivity index (χ4n) is 3.74. The van der Waals surface area contributed by atoms with Gasteiger partial charge in [-0.25, -0.2) is 8.42 Å². The first-order valence-corrected chi connectivity index (χ1v) is 11.6. The molecular formula is C22H31N3O2S. The summed E-state index contributed by atoms with van der Waals surface area (Å²) in [5.41, 5.74) is 2.30. The van der Waals surface area contributed by atoms with E-state index in [9.17, 15) is 8.42 Å². The van der Waals surface area contributed by atoms with Crippen LogP contribution in [0.3, 0.4) is 0 Å². The SMILES string of the molecule is CC(C)c1ccc(S(=O)(=O)N(CCCc2cccnc2)C2CCNCC2)cc1. The van der Waals surface area contributed by atoms with E-state index < -0.39 is 10.0 Å². The van der Waals surface area contributed by atoms with Gasteiger partial charge >= 0.3 is 0 Å². The van der Waals surface area contributed by atoms with Crippen molar-refractivity contribution in [2.45, 2.75) is 56.4 Å². The minimum absolute atomic E-state index is 0.0601. The zero-order valence-electron chi connectivity index (χ0n) is 16.8. The van der Waals surface area contributed by atoms with E-state index in [1.165, 1.54) is 0 Å². The van der Waals surface area contributed by atoms with Crippen molar-refractivity contribution < 1.29 is 8.42 Å². The topological polar surface area (TPSA) is 62.3 Å². The maximum Gasteiger partial charge on any atom is 0.243 e. The van der Waals surface area contributed by atoms with Crippen molar-refractivity contribution in [3.63, 3.8) is 0 Å². The molecule has 152 valence electrons. The number of nitrogens with zero attached hydrogens (tertiary/aromatic N) is 2. The second kappa shape index (κ2) is 9.63. The van der Waals surface area contributed by atoms with E-state index >= 15 is 0 Å². The molecule has 0 aliphatic carbocycles. The summed E-state index contributed by atoms with van der Waals surface area (Å²) < 4.78 is 28.6. The van der Waals surface area contributed by atoms with Gasteiger partial charge in [-0.15, -0.1) is 0 Å². The molecule has 0 atom stereocenters. The Morgan fingerprint density at radius 2 is 1.86 bits per heavy atom. The van der Waals surface area contributed by atoms with E-state index in [0.29, 0.717) is 17.4 Å². The van der Waals surface area contributed by atoms with Gasteiger partial charge in [-0.05, 0) is 74.0 Å². The van der Waals surface area contributed by atoms with Crippen LogP contribution >= 0.6 is 0 Å². The second-order valence-electron chi connectivity index (χ2n) is 7.79. The van der Waals surface area contributed by atoms with E-state index in [0.717, 1.165) is 49.9 Å². The molecule has 1 saturated heterocycles. The molecule has 0 saturated carbocycles. The third-order valence-electron chi connectivity index (χ3n) is 5.44. The number of aromatic nitrogens is 1. The number of nitrogens with one attached hydrogen (secondary N) is 1. The van der Waals surface area contributed by atoms with Crippen molar-refractivity contribution in [3.05, 3.63) is 59.9 Å². The average Bonchev–Trinajstić information content (AvgIpc) is 2.72. The van der Waals surface area contributed by atoms with E-state index in [-0.39, 0.29) is 6.04 Å². The van der Waals surface area contributed by atoms with Crippen molar-refractivity contribution in [2.24, 2.45) is 0 Å². The van der Waals surface area contributed by atoms with Crippen molar-refractivity contribution >= 4 is 10.0 Å². The monoisotopic (exact) mass is 401 g/mol. The van der Waals surface area contributed by atoms with Crippen LogP contribution in [0, 0.1) is 0 Å².